The number of amides is 1. The van der Waals surface area contributed by atoms with Crippen molar-refractivity contribution in [3.8, 4) is 17.2 Å². The Kier molecular flexibility index (Phi) is 6.38. The van der Waals surface area contributed by atoms with E-state index in [-0.39, 0.29) is 11.3 Å². The summed E-state index contributed by atoms with van der Waals surface area (Å²) >= 11 is 0. The van der Waals surface area contributed by atoms with Crippen LogP contribution >= 0.6 is 0 Å². The smallest absolute Gasteiger partial charge is 0.300 e. The maximum atomic E-state index is 13.3. The van der Waals surface area contributed by atoms with Crippen molar-refractivity contribution in [3.05, 3.63) is 89.5 Å². The molecule has 1 atom stereocenters. The topological polar surface area (TPSA) is 85.3 Å². The highest BCUT2D eigenvalue weighted by Gasteiger charge is 2.47. The number of carbonyl (C=O) groups is 2. The third-order valence-electron chi connectivity index (χ3n) is 6.07. The molecule has 0 saturated carbocycles. The molecule has 1 fully saturated rings. The molecule has 3 aromatic carbocycles. The number of fused-ring (bicyclic) bond motifs is 1. The van der Waals surface area contributed by atoms with E-state index in [4.69, 9.17) is 14.2 Å². The van der Waals surface area contributed by atoms with Gasteiger partial charge in [-0.3, -0.25) is 14.5 Å². The summed E-state index contributed by atoms with van der Waals surface area (Å²) < 4.78 is 17.0. The molecule has 1 saturated heterocycles. The number of anilines is 1. The molecule has 0 aliphatic carbocycles. The van der Waals surface area contributed by atoms with Crippen molar-refractivity contribution in [1.29, 1.82) is 0 Å². The van der Waals surface area contributed by atoms with Crippen molar-refractivity contribution in [1.82, 2.24) is 0 Å². The predicted octanol–water partition coefficient (Wildman–Crippen LogP) is 5.12. The van der Waals surface area contributed by atoms with Gasteiger partial charge in [-0.15, -0.1) is 0 Å². The number of benzene rings is 3. The van der Waals surface area contributed by atoms with Gasteiger partial charge in [-0.2, -0.15) is 0 Å². The average molecular weight is 486 g/mol. The fourth-order valence-corrected chi connectivity index (χ4v) is 4.36. The molecule has 184 valence electrons. The lowest BCUT2D eigenvalue weighted by molar-refractivity contribution is -0.132. The number of aliphatic hydroxyl groups is 1. The molecule has 2 aliphatic heterocycles. The van der Waals surface area contributed by atoms with E-state index in [9.17, 15) is 14.7 Å². The van der Waals surface area contributed by atoms with Gasteiger partial charge in [-0.05, 0) is 47.9 Å². The Morgan fingerprint density at radius 3 is 2.36 bits per heavy atom. The minimum absolute atomic E-state index is 0.0249. The van der Waals surface area contributed by atoms with Crippen molar-refractivity contribution >= 4 is 23.1 Å². The molecule has 2 aliphatic rings. The first-order valence-corrected chi connectivity index (χ1v) is 11.9. The largest absolute Gasteiger partial charge is 0.507 e. The minimum atomic E-state index is -0.814. The normalized spacial score (nSPS) is 18.5. The Balaban J connectivity index is 1.58. The Morgan fingerprint density at radius 2 is 1.67 bits per heavy atom. The van der Waals surface area contributed by atoms with Gasteiger partial charge in [0.2, 0.25) is 0 Å². The van der Waals surface area contributed by atoms with E-state index in [0.29, 0.717) is 59.8 Å². The molecule has 1 unspecified atom stereocenters. The first kappa shape index (κ1) is 23.5. The van der Waals surface area contributed by atoms with Crippen molar-refractivity contribution in [2.75, 3.05) is 24.7 Å². The summed E-state index contributed by atoms with van der Waals surface area (Å²) in [5.74, 6) is 0.409. The van der Waals surface area contributed by atoms with Crippen molar-refractivity contribution in [2.24, 2.45) is 5.92 Å². The molecule has 0 spiro atoms. The number of hydrogen-bond donors (Lipinski definition) is 1. The van der Waals surface area contributed by atoms with Crippen molar-refractivity contribution in [2.45, 2.75) is 19.9 Å². The second kappa shape index (κ2) is 9.77. The molecule has 5 rings (SSSR count). The van der Waals surface area contributed by atoms with E-state index in [1.165, 1.54) is 4.90 Å². The van der Waals surface area contributed by atoms with Gasteiger partial charge in [0.15, 0.2) is 11.5 Å². The van der Waals surface area contributed by atoms with Crippen molar-refractivity contribution in [3.63, 3.8) is 0 Å². The monoisotopic (exact) mass is 485 g/mol. The van der Waals surface area contributed by atoms with Crippen LogP contribution in [-0.2, 0) is 9.59 Å². The van der Waals surface area contributed by atoms with Crippen LogP contribution in [0.5, 0.6) is 17.2 Å². The first-order valence-electron chi connectivity index (χ1n) is 11.9. The lowest BCUT2D eigenvalue weighted by Crippen LogP contribution is -2.29. The van der Waals surface area contributed by atoms with E-state index in [2.05, 4.69) is 13.8 Å². The minimum Gasteiger partial charge on any atom is -0.507 e. The summed E-state index contributed by atoms with van der Waals surface area (Å²) in [6.07, 6.45) is 0. The van der Waals surface area contributed by atoms with Gasteiger partial charge in [0.05, 0.1) is 18.2 Å². The number of rotatable bonds is 6. The maximum Gasteiger partial charge on any atom is 0.300 e. The summed E-state index contributed by atoms with van der Waals surface area (Å²) in [6, 6.07) is 20.4. The third kappa shape index (κ3) is 4.40. The van der Waals surface area contributed by atoms with Gasteiger partial charge >= 0.3 is 0 Å². The van der Waals surface area contributed by atoms with Crippen molar-refractivity contribution < 1.29 is 28.9 Å². The lowest BCUT2D eigenvalue weighted by Gasteiger charge is -2.27. The molecule has 7 heteroatoms. The van der Waals surface area contributed by atoms with E-state index in [1.54, 1.807) is 42.5 Å². The van der Waals surface area contributed by atoms with Crippen LogP contribution in [0.2, 0.25) is 0 Å². The second-order valence-corrected chi connectivity index (χ2v) is 9.14. The zero-order chi connectivity index (χ0) is 25.2. The van der Waals surface area contributed by atoms with Crippen LogP contribution in [-0.4, -0.2) is 36.6 Å². The zero-order valence-electron chi connectivity index (χ0n) is 20.1. The number of nitrogens with zero attached hydrogens (tertiary/aromatic N) is 1. The molecule has 2 heterocycles. The van der Waals surface area contributed by atoms with Crippen LogP contribution in [0.3, 0.4) is 0 Å². The molecule has 0 aromatic heterocycles. The first-order chi connectivity index (χ1) is 17.4. The highest BCUT2D eigenvalue weighted by atomic mass is 16.6. The Hall–Kier alpha value is -4.26. The van der Waals surface area contributed by atoms with E-state index in [1.807, 2.05) is 30.3 Å². The number of carbonyl (C=O) groups excluding carboxylic acids is 2. The van der Waals surface area contributed by atoms with Crippen LogP contribution < -0.4 is 19.1 Å². The summed E-state index contributed by atoms with van der Waals surface area (Å²) in [4.78, 5) is 28.1. The second-order valence-electron chi connectivity index (χ2n) is 9.14. The molecular formula is C29H27NO6. The van der Waals surface area contributed by atoms with Crippen LogP contribution in [0.1, 0.15) is 31.0 Å². The van der Waals surface area contributed by atoms with Gasteiger partial charge in [-0.25, -0.2) is 0 Å². The molecule has 0 bridgehead atoms. The molecule has 0 radical (unpaired) electrons. The molecular weight excluding hydrogens is 458 g/mol. The van der Waals surface area contributed by atoms with Gasteiger partial charge in [0.1, 0.15) is 24.7 Å². The van der Waals surface area contributed by atoms with Crippen LogP contribution in [0, 0.1) is 5.92 Å². The van der Waals surface area contributed by atoms with Gasteiger partial charge in [-0.1, -0.05) is 44.2 Å². The SMILES string of the molecule is CC(C)COc1ccc(/C(O)=C2\C(=O)C(=O)N(c3ccc4c(c3)OCCO4)C2c2ccccc2)cc1. The van der Waals surface area contributed by atoms with E-state index < -0.39 is 17.7 Å². The van der Waals surface area contributed by atoms with E-state index >= 15 is 0 Å². The van der Waals surface area contributed by atoms with Gasteiger partial charge in [0.25, 0.3) is 11.7 Å². The van der Waals surface area contributed by atoms with Gasteiger partial charge < -0.3 is 19.3 Å². The molecule has 36 heavy (non-hydrogen) atoms. The number of ether oxygens (including phenoxy) is 3. The molecule has 7 nitrogen and oxygen atoms in total. The number of aliphatic hydroxyl groups excluding tert-OH is 1. The third-order valence-corrected chi connectivity index (χ3v) is 6.07. The predicted molar refractivity (Wildman–Crippen MR) is 135 cm³/mol. The Morgan fingerprint density at radius 1 is 0.972 bits per heavy atom. The fourth-order valence-electron chi connectivity index (χ4n) is 4.36. The van der Waals surface area contributed by atoms with Crippen LogP contribution in [0.4, 0.5) is 5.69 Å². The summed E-state index contributed by atoms with van der Waals surface area (Å²) in [5, 5.41) is 11.3. The van der Waals surface area contributed by atoms with Crippen LogP contribution in [0.25, 0.3) is 5.76 Å². The summed E-state index contributed by atoms with van der Waals surface area (Å²) in [6.45, 7) is 5.53. The highest BCUT2D eigenvalue weighted by molar-refractivity contribution is 6.51. The molecule has 3 aromatic rings. The Labute approximate surface area is 209 Å². The zero-order valence-corrected chi connectivity index (χ0v) is 20.1. The maximum absolute atomic E-state index is 13.3. The van der Waals surface area contributed by atoms with E-state index in [0.717, 1.165) is 0 Å². The number of hydrogen-bond acceptors (Lipinski definition) is 6. The lowest BCUT2D eigenvalue weighted by atomic mass is 9.95. The Bertz CT molecular complexity index is 1310. The molecule has 1 amide bonds. The standard InChI is InChI=1S/C29H27NO6/c1-18(2)17-36-22-11-8-20(9-12-22)27(31)25-26(19-6-4-3-5-7-19)30(29(33)28(25)32)21-10-13-23-24(16-21)35-15-14-34-23/h3-13,16,18,26,31H,14-15,17H2,1-2H3/b27-25+. The number of ketones is 1. The summed E-state index contributed by atoms with van der Waals surface area (Å²) in [5.41, 5.74) is 1.63. The molecule has 1 N–H and O–H groups in total. The summed E-state index contributed by atoms with van der Waals surface area (Å²) in [7, 11) is 0. The average Bonchev–Trinajstić information content (AvgIpc) is 3.17. The van der Waals surface area contributed by atoms with Crippen LogP contribution in [0.15, 0.2) is 78.4 Å². The number of Topliss-reactive ketones (excluding diaryl/α,β-unsaturated/α-hetero) is 1. The fraction of sp³-hybridized carbons (Fsp3) is 0.241. The van der Waals surface area contributed by atoms with Gasteiger partial charge in [0, 0.05) is 17.3 Å². The highest BCUT2D eigenvalue weighted by Crippen LogP contribution is 2.44. The quantitative estimate of drug-likeness (QED) is 0.296.